The number of rotatable bonds is 2. The number of benzene rings is 1. The largest absolute Gasteiger partial charge is 0.496 e. The third kappa shape index (κ3) is 1.94. The van der Waals surface area contributed by atoms with Crippen LogP contribution >= 0.6 is 11.6 Å². The van der Waals surface area contributed by atoms with Gasteiger partial charge in [-0.05, 0) is 18.2 Å². The number of morpholine rings is 1. The maximum absolute atomic E-state index is 12.5. The Morgan fingerprint density at radius 2 is 2.32 bits per heavy atom. The van der Waals surface area contributed by atoms with E-state index in [0.717, 1.165) is 0 Å². The molecule has 100 valence electrons. The molecule has 0 unspecified atom stereocenters. The molecule has 6 heteroatoms. The van der Waals surface area contributed by atoms with Crippen LogP contribution in [0.2, 0.25) is 5.02 Å². The summed E-state index contributed by atoms with van der Waals surface area (Å²) in [6, 6.07) is 4.38. The molecule has 2 bridgehead atoms. The maximum Gasteiger partial charge on any atom is 0.329 e. The van der Waals surface area contributed by atoms with Gasteiger partial charge in [-0.15, -0.1) is 0 Å². The van der Waals surface area contributed by atoms with Gasteiger partial charge in [-0.25, -0.2) is 4.79 Å². The van der Waals surface area contributed by atoms with Crippen LogP contribution in [0.25, 0.3) is 0 Å². The predicted molar refractivity (Wildman–Crippen MR) is 67.3 cm³/mol. The summed E-state index contributed by atoms with van der Waals surface area (Å²) in [5.74, 6) is -0.125. The topological polar surface area (TPSA) is 55.8 Å². The van der Waals surface area contributed by atoms with Gasteiger partial charge in [0.25, 0.3) is 5.91 Å². The van der Waals surface area contributed by atoms with Crippen LogP contribution < -0.4 is 4.74 Å². The van der Waals surface area contributed by atoms with E-state index in [9.17, 15) is 9.59 Å². The number of likely N-dealkylation sites (tertiary alicyclic amines) is 1. The molecule has 0 spiro atoms. The van der Waals surface area contributed by atoms with Crippen molar-refractivity contribution in [3.63, 3.8) is 0 Å². The first kappa shape index (κ1) is 12.3. The summed E-state index contributed by atoms with van der Waals surface area (Å²) in [6.45, 7) is 0.435. The molecule has 2 saturated heterocycles. The van der Waals surface area contributed by atoms with Crippen LogP contribution in [0.4, 0.5) is 0 Å². The van der Waals surface area contributed by atoms with Crippen molar-refractivity contribution < 1.29 is 19.1 Å². The Hall–Kier alpha value is -1.75. The zero-order valence-electron chi connectivity index (χ0n) is 10.3. The van der Waals surface area contributed by atoms with Gasteiger partial charge in [-0.2, -0.15) is 0 Å². The summed E-state index contributed by atoms with van der Waals surface area (Å²) in [7, 11) is 1.49. The van der Waals surface area contributed by atoms with Gasteiger partial charge in [0, 0.05) is 11.4 Å². The molecule has 0 N–H and O–H groups in total. The quantitative estimate of drug-likeness (QED) is 0.771. The Kier molecular flexibility index (Phi) is 2.86. The highest BCUT2D eigenvalue weighted by Gasteiger charge is 2.48. The summed E-state index contributed by atoms with van der Waals surface area (Å²) in [5.41, 5.74) is 0.371. The van der Waals surface area contributed by atoms with E-state index in [1.165, 1.54) is 12.0 Å². The molecule has 2 fully saturated rings. The van der Waals surface area contributed by atoms with Crippen LogP contribution in [0.15, 0.2) is 18.2 Å². The van der Waals surface area contributed by atoms with Crippen molar-refractivity contribution in [2.24, 2.45) is 0 Å². The normalized spacial score (nSPS) is 24.5. The van der Waals surface area contributed by atoms with Crippen LogP contribution in [-0.2, 0) is 9.53 Å². The molecule has 19 heavy (non-hydrogen) atoms. The second-order valence-electron chi connectivity index (χ2n) is 4.61. The smallest absolute Gasteiger partial charge is 0.329 e. The molecule has 1 amide bonds. The minimum Gasteiger partial charge on any atom is -0.496 e. The van der Waals surface area contributed by atoms with E-state index in [4.69, 9.17) is 21.1 Å². The number of methoxy groups -OCH3 is 1. The summed E-state index contributed by atoms with van der Waals surface area (Å²) in [6.07, 6.45) is 0.402. The third-order valence-corrected chi connectivity index (χ3v) is 3.71. The lowest BCUT2D eigenvalue weighted by molar-refractivity contribution is -0.149. The Morgan fingerprint density at radius 1 is 1.53 bits per heavy atom. The van der Waals surface area contributed by atoms with Crippen molar-refractivity contribution in [1.82, 2.24) is 4.90 Å². The highest BCUT2D eigenvalue weighted by atomic mass is 35.5. The highest BCUT2D eigenvalue weighted by molar-refractivity contribution is 6.31. The van der Waals surface area contributed by atoms with Gasteiger partial charge < -0.3 is 14.4 Å². The fraction of sp³-hybridized carbons (Fsp3) is 0.385. The van der Waals surface area contributed by atoms with Gasteiger partial charge >= 0.3 is 5.97 Å². The first-order valence-corrected chi connectivity index (χ1v) is 6.33. The van der Waals surface area contributed by atoms with E-state index in [1.54, 1.807) is 18.2 Å². The fourth-order valence-electron chi connectivity index (χ4n) is 2.58. The molecular formula is C13H12ClNO4. The summed E-state index contributed by atoms with van der Waals surface area (Å²) in [5, 5.41) is 0.455. The second-order valence-corrected chi connectivity index (χ2v) is 5.05. The number of fused-ring (bicyclic) bond motifs is 2. The Morgan fingerprint density at radius 3 is 2.95 bits per heavy atom. The zero-order valence-corrected chi connectivity index (χ0v) is 11.0. The number of nitrogens with zero attached hydrogens (tertiary/aromatic N) is 1. The van der Waals surface area contributed by atoms with Gasteiger partial charge in [0.2, 0.25) is 0 Å². The lowest BCUT2D eigenvalue weighted by Gasteiger charge is -2.26. The molecule has 2 aliphatic rings. The zero-order chi connectivity index (χ0) is 13.6. The number of carbonyl (C=O) groups excluding carboxylic acids is 2. The average Bonchev–Trinajstić information content (AvgIpc) is 2.96. The number of hydrogen-bond donors (Lipinski definition) is 0. The lowest BCUT2D eigenvalue weighted by Crippen LogP contribution is -2.44. The van der Waals surface area contributed by atoms with Crippen molar-refractivity contribution >= 4 is 23.5 Å². The number of carbonyl (C=O) groups is 2. The highest BCUT2D eigenvalue weighted by Crippen LogP contribution is 2.32. The van der Waals surface area contributed by atoms with Crippen LogP contribution in [0.5, 0.6) is 5.75 Å². The second kappa shape index (κ2) is 4.42. The van der Waals surface area contributed by atoms with E-state index in [2.05, 4.69) is 0 Å². The standard InChI is InChI=1S/C13H12ClNO4/c1-18-11-3-2-7(14)4-9(11)12(16)15-6-8-5-10(15)13(17)19-8/h2-4,8,10H,5-6H2,1H3/t8-,10+/m0/s1. The fourth-order valence-corrected chi connectivity index (χ4v) is 2.75. The molecule has 2 aliphatic heterocycles. The molecule has 0 aromatic heterocycles. The molecular weight excluding hydrogens is 270 g/mol. The van der Waals surface area contributed by atoms with E-state index < -0.39 is 6.04 Å². The van der Waals surface area contributed by atoms with E-state index >= 15 is 0 Å². The molecule has 0 saturated carbocycles. The monoisotopic (exact) mass is 281 g/mol. The minimum atomic E-state index is -0.471. The maximum atomic E-state index is 12.5. The Balaban J connectivity index is 1.92. The molecule has 2 heterocycles. The molecule has 5 nitrogen and oxygen atoms in total. The molecule has 1 aromatic carbocycles. The number of hydrogen-bond acceptors (Lipinski definition) is 4. The number of halogens is 1. The molecule has 1 aromatic rings. The molecule has 0 radical (unpaired) electrons. The van der Waals surface area contributed by atoms with Crippen molar-refractivity contribution in [3.05, 3.63) is 28.8 Å². The summed E-state index contributed by atoms with van der Waals surface area (Å²) in [4.78, 5) is 25.6. The summed E-state index contributed by atoms with van der Waals surface area (Å²) < 4.78 is 10.2. The van der Waals surface area contributed by atoms with Crippen LogP contribution in [0.3, 0.4) is 0 Å². The van der Waals surface area contributed by atoms with Crippen molar-refractivity contribution in [1.29, 1.82) is 0 Å². The first-order chi connectivity index (χ1) is 9.10. The van der Waals surface area contributed by atoms with Gasteiger partial charge in [0.05, 0.1) is 19.2 Å². The Labute approximate surface area is 115 Å². The summed E-state index contributed by atoms with van der Waals surface area (Å²) >= 11 is 5.91. The molecule has 2 atom stereocenters. The van der Waals surface area contributed by atoms with E-state index in [0.29, 0.717) is 29.3 Å². The predicted octanol–water partition coefficient (Wildman–Crippen LogP) is 1.49. The number of esters is 1. The van der Waals surface area contributed by atoms with Gasteiger partial charge in [0.1, 0.15) is 17.9 Å². The van der Waals surface area contributed by atoms with Crippen molar-refractivity contribution in [3.8, 4) is 5.75 Å². The van der Waals surface area contributed by atoms with Gasteiger partial charge in [-0.3, -0.25) is 4.79 Å². The Bertz CT molecular complexity index is 560. The van der Waals surface area contributed by atoms with Gasteiger partial charge in [-0.1, -0.05) is 11.6 Å². The van der Waals surface area contributed by atoms with Gasteiger partial charge in [0.15, 0.2) is 0 Å². The lowest BCUT2D eigenvalue weighted by atomic mass is 10.1. The van der Waals surface area contributed by atoms with Crippen molar-refractivity contribution in [2.45, 2.75) is 18.6 Å². The van der Waals surface area contributed by atoms with Crippen LogP contribution in [-0.4, -0.2) is 42.6 Å². The number of ether oxygens (including phenoxy) is 2. The molecule has 0 aliphatic carbocycles. The number of amides is 1. The van der Waals surface area contributed by atoms with E-state index in [1.807, 2.05) is 0 Å². The van der Waals surface area contributed by atoms with Crippen LogP contribution in [0.1, 0.15) is 16.8 Å². The molecule has 3 rings (SSSR count). The third-order valence-electron chi connectivity index (χ3n) is 3.47. The SMILES string of the molecule is COc1ccc(Cl)cc1C(=O)N1C[C@@H]2C[C@@H]1C(=O)O2. The average molecular weight is 282 g/mol. The van der Waals surface area contributed by atoms with Crippen LogP contribution in [0, 0.1) is 0 Å². The first-order valence-electron chi connectivity index (χ1n) is 5.95. The van der Waals surface area contributed by atoms with E-state index in [-0.39, 0.29) is 18.0 Å². The van der Waals surface area contributed by atoms with Crippen molar-refractivity contribution in [2.75, 3.05) is 13.7 Å². The minimum absolute atomic E-state index is 0.174.